The standard InChI is InChI=1S/C25H26N2O8S2/c1-33-19-12-13-23(34-2)22(16-19)27(36(29)30)18-11-10-17-7-6-14-26(21(17)15-18)37(31,32)24-9-5-4-8-20(24)25(28)35-3/h4-5,8-13,15-16,36H,6-7,14H2,1-3H3. The van der Waals surface area contributed by atoms with Crippen LogP contribution in [0.1, 0.15) is 22.3 Å². The Morgan fingerprint density at radius 1 is 0.973 bits per heavy atom. The number of nitrogens with zero attached hydrogens (tertiary/aromatic N) is 2. The number of carbonyl (C=O) groups excluding carboxylic acids is 1. The molecule has 12 heteroatoms. The molecular weight excluding hydrogens is 520 g/mol. The number of carbonyl (C=O) groups is 1. The van der Waals surface area contributed by atoms with E-state index in [4.69, 9.17) is 14.2 Å². The van der Waals surface area contributed by atoms with Crippen molar-refractivity contribution in [3.05, 3.63) is 71.8 Å². The molecule has 0 radical (unpaired) electrons. The second kappa shape index (κ2) is 10.7. The molecule has 4 rings (SSSR count). The molecule has 0 aromatic heterocycles. The van der Waals surface area contributed by atoms with Gasteiger partial charge >= 0.3 is 5.97 Å². The molecule has 10 nitrogen and oxygen atoms in total. The summed E-state index contributed by atoms with van der Waals surface area (Å²) in [6, 6.07) is 15.4. The summed E-state index contributed by atoms with van der Waals surface area (Å²) in [5.74, 6) is -0.0711. The zero-order valence-electron chi connectivity index (χ0n) is 20.4. The van der Waals surface area contributed by atoms with Crippen LogP contribution in [-0.2, 0) is 32.1 Å². The monoisotopic (exact) mass is 546 g/mol. The van der Waals surface area contributed by atoms with Gasteiger partial charge in [-0.05, 0) is 54.8 Å². The lowest BCUT2D eigenvalue weighted by molar-refractivity contribution is 0.0596. The SMILES string of the molecule is COC(=O)c1ccccc1S(=O)(=O)N1CCCc2ccc(N(c3cc(OC)ccc3OC)[SH](=O)=O)cc21. The highest BCUT2D eigenvalue weighted by Gasteiger charge is 2.33. The number of hydrogen-bond acceptors (Lipinski definition) is 8. The Bertz CT molecular complexity index is 1510. The summed E-state index contributed by atoms with van der Waals surface area (Å²) in [4.78, 5) is 12.1. The molecule has 0 bridgehead atoms. The lowest BCUT2D eigenvalue weighted by Gasteiger charge is -2.32. The Morgan fingerprint density at radius 3 is 2.41 bits per heavy atom. The van der Waals surface area contributed by atoms with Gasteiger partial charge in [0.05, 0.1) is 38.3 Å². The lowest BCUT2D eigenvalue weighted by Crippen LogP contribution is -2.36. The fourth-order valence-electron chi connectivity index (χ4n) is 4.28. The summed E-state index contributed by atoms with van der Waals surface area (Å²) < 4.78 is 70.2. The van der Waals surface area contributed by atoms with E-state index in [2.05, 4.69) is 0 Å². The zero-order valence-corrected chi connectivity index (χ0v) is 22.1. The molecule has 0 atom stereocenters. The molecule has 37 heavy (non-hydrogen) atoms. The largest absolute Gasteiger partial charge is 0.497 e. The Hall–Kier alpha value is -3.77. The molecule has 0 unspecified atom stereocenters. The van der Waals surface area contributed by atoms with E-state index in [1.54, 1.807) is 30.3 Å². The molecule has 0 amide bonds. The molecule has 1 heterocycles. The van der Waals surface area contributed by atoms with Crippen molar-refractivity contribution < 1.29 is 35.8 Å². The maximum absolute atomic E-state index is 13.8. The molecule has 0 fully saturated rings. The summed E-state index contributed by atoms with van der Waals surface area (Å²) in [5.41, 5.74) is 1.39. The third-order valence-electron chi connectivity index (χ3n) is 6.03. The van der Waals surface area contributed by atoms with Gasteiger partial charge in [-0.1, -0.05) is 18.2 Å². The molecule has 0 aliphatic carbocycles. The minimum Gasteiger partial charge on any atom is -0.497 e. The number of aryl methyl sites for hydroxylation is 1. The average molecular weight is 547 g/mol. The van der Waals surface area contributed by atoms with E-state index in [1.165, 1.54) is 56.0 Å². The predicted octanol–water partition coefficient (Wildman–Crippen LogP) is 3.30. The maximum Gasteiger partial charge on any atom is 0.339 e. The molecular formula is C25H26N2O8S2. The number of hydrogen-bond donors (Lipinski definition) is 1. The van der Waals surface area contributed by atoms with Crippen molar-refractivity contribution in [3.63, 3.8) is 0 Å². The van der Waals surface area contributed by atoms with Gasteiger partial charge in [-0.15, -0.1) is 0 Å². The number of ether oxygens (including phenoxy) is 3. The van der Waals surface area contributed by atoms with Crippen molar-refractivity contribution in [2.24, 2.45) is 0 Å². The molecule has 0 spiro atoms. The molecule has 1 aliphatic heterocycles. The van der Waals surface area contributed by atoms with E-state index in [1.807, 2.05) is 0 Å². The zero-order chi connectivity index (χ0) is 26.7. The third kappa shape index (κ3) is 4.94. The third-order valence-corrected chi connectivity index (χ3v) is 8.67. The average Bonchev–Trinajstić information content (AvgIpc) is 2.92. The molecule has 0 saturated heterocycles. The van der Waals surface area contributed by atoms with Gasteiger partial charge in [-0.3, -0.25) is 4.31 Å². The molecule has 3 aromatic carbocycles. The van der Waals surface area contributed by atoms with E-state index >= 15 is 0 Å². The molecule has 0 saturated carbocycles. The topological polar surface area (TPSA) is 120 Å². The van der Waals surface area contributed by atoms with Gasteiger partial charge in [0.1, 0.15) is 22.1 Å². The number of esters is 1. The van der Waals surface area contributed by atoms with Crippen LogP contribution in [0, 0.1) is 0 Å². The number of rotatable bonds is 8. The first-order chi connectivity index (χ1) is 17.7. The van der Waals surface area contributed by atoms with E-state index in [9.17, 15) is 21.6 Å². The van der Waals surface area contributed by atoms with Crippen molar-refractivity contribution in [1.82, 2.24) is 0 Å². The number of methoxy groups -OCH3 is 3. The van der Waals surface area contributed by atoms with Crippen LogP contribution in [0.3, 0.4) is 0 Å². The first kappa shape index (κ1) is 26.3. The van der Waals surface area contributed by atoms with E-state index in [0.717, 1.165) is 9.87 Å². The van der Waals surface area contributed by atoms with Crippen molar-refractivity contribution in [2.75, 3.05) is 36.5 Å². The maximum atomic E-state index is 13.8. The van der Waals surface area contributed by atoms with E-state index in [0.29, 0.717) is 24.3 Å². The number of sulfonamides is 1. The fourth-order valence-corrected chi connectivity index (χ4v) is 6.64. The number of anilines is 3. The van der Waals surface area contributed by atoms with Crippen LogP contribution >= 0.6 is 0 Å². The van der Waals surface area contributed by atoms with Crippen LogP contribution in [-0.4, -0.2) is 50.7 Å². The minimum atomic E-state index is -4.19. The van der Waals surface area contributed by atoms with Gasteiger partial charge in [0.15, 0.2) is 0 Å². The van der Waals surface area contributed by atoms with E-state index < -0.39 is 26.9 Å². The molecule has 3 aromatic rings. The summed E-state index contributed by atoms with van der Waals surface area (Å²) >= 11 is 0. The van der Waals surface area contributed by atoms with Crippen LogP contribution in [0.25, 0.3) is 0 Å². The summed E-state index contributed by atoms with van der Waals surface area (Å²) in [5, 5.41) is 0. The fraction of sp³-hybridized carbons (Fsp3) is 0.240. The van der Waals surface area contributed by atoms with Crippen molar-refractivity contribution in [1.29, 1.82) is 0 Å². The minimum absolute atomic E-state index is 0.0846. The second-order valence-corrected chi connectivity index (χ2v) is 10.8. The highest BCUT2D eigenvalue weighted by molar-refractivity contribution is 7.93. The van der Waals surface area contributed by atoms with Gasteiger partial charge in [0, 0.05) is 12.6 Å². The normalized spacial score (nSPS) is 13.1. The Morgan fingerprint density at radius 2 is 1.73 bits per heavy atom. The van der Waals surface area contributed by atoms with Gasteiger partial charge < -0.3 is 14.2 Å². The first-order valence-corrected chi connectivity index (χ1v) is 13.8. The number of benzene rings is 3. The van der Waals surface area contributed by atoms with Crippen LogP contribution in [0.2, 0.25) is 0 Å². The van der Waals surface area contributed by atoms with E-state index in [-0.39, 0.29) is 34.1 Å². The Balaban J connectivity index is 1.87. The molecule has 196 valence electrons. The number of fused-ring (bicyclic) bond motifs is 1. The van der Waals surface area contributed by atoms with Gasteiger partial charge in [-0.2, -0.15) is 0 Å². The predicted molar refractivity (Wildman–Crippen MR) is 139 cm³/mol. The number of thiol groups is 1. The van der Waals surface area contributed by atoms with Crippen LogP contribution in [0.4, 0.5) is 17.1 Å². The van der Waals surface area contributed by atoms with Gasteiger partial charge in [-0.25, -0.2) is 25.9 Å². The second-order valence-electron chi connectivity index (χ2n) is 8.07. The smallest absolute Gasteiger partial charge is 0.339 e. The highest BCUT2D eigenvalue weighted by Crippen LogP contribution is 2.41. The first-order valence-electron chi connectivity index (χ1n) is 11.2. The molecule has 1 aliphatic rings. The Labute approximate surface area is 217 Å². The van der Waals surface area contributed by atoms with Crippen molar-refractivity contribution in [2.45, 2.75) is 17.7 Å². The molecule has 0 N–H and O–H groups in total. The van der Waals surface area contributed by atoms with Crippen LogP contribution in [0.15, 0.2) is 65.6 Å². The van der Waals surface area contributed by atoms with Crippen molar-refractivity contribution in [3.8, 4) is 11.5 Å². The van der Waals surface area contributed by atoms with Crippen molar-refractivity contribution >= 4 is 43.9 Å². The van der Waals surface area contributed by atoms with Crippen LogP contribution in [0.5, 0.6) is 11.5 Å². The van der Waals surface area contributed by atoms with Crippen LogP contribution < -0.4 is 18.1 Å². The quantitative estimate of drug-likeness (QED) is 0.338. The summed E-state index contributed by atoms with van der Waals surface area (Å²) in [7, 11) is -3.34. The summed E-state index contributed by atoms with van der Waals surface area (Å²) in [6.45, 7) is 0.153. The van der Waals surface area contributed by atoms with Gasteiger partial charge in [0.2, 0.25) is 10.9 Å². The highest BCUT2D eigenvalue weighted by atomic mass is 32.2. The summed E-state index contributed by atoms with van der Waals surface area (Å²) in [6.07, 6.45) is 1.15. The lowest BCUT2D eigenvalue weighted by atomic mass is 10.0. The van der Waals surface area contributed by atoms with Gasteiger partial charge in [0.25, 0.3) is 10.0 Å². The Kier molecular flexibility index (Phi) is 7.60.